The van der Waals surface area contributed by atoms with E-state index in [1.54, 1.807) is 14.2 Å². The van der Waals surface area contributed by atoms with Crippen molar-refractivity contribution in [2.75, 3.05) is 14.2 Å². The number of ether oxygens (including phenoxy) is 1. The van der Waals surface area contributed by atoms with E-state index in [0.29, 0.717) is 12.3 Å². The molecule has 0 saturated heterocycles. The van der Waals surface area contributed by atoms with Crippen LogP contribution in [0.2, 0.25) is 0 Å². The van der Waals surface area contributed by atoms with E-state index in [2.05, 4.69) is 5.48 Å². The standard InChI is InChI=1S/C15H17NO4/c1-8-5-10-12(7-16-18-4)13-11(6-9(2)19-13)14(17-3)15(10)20-8/h5-6,16H,7H2,1-4H3. The fraction of sp³-hybridized carbons (Fsp3) is 0.333. The molecule has 0 atom stereocenters. The Labute approximate surface area is 116 Å². The molecule has 0 aliphatic carbocycles. The minimum absolute atomic E-state index is 0.527. The Kier molecular flexibility index (Phi) is 3.16. The van der Waals surface area contributed by atoms with E-state index in [-0.39, 0.29) is 0 Å². The average molecular weight is 275 g/mol. The lowest BCUT2D eigenvalue weighted by molar-refractivity contribution is 0.0871. The van der Waals surface area contributed by atoms with Crippen molar-refractivity contribution in [2.24, 2.45) is 0 Å². The molecule has 5 heteroatoms. The Morgan fingerprint density at radius 1 is 1.00 bits per heavy atom. The second-order valence-corrected chi connectivity index (χ2v) is 4.74. The van der Waals surface area contributed by atoms with Crippen LogP contribution >= 0.6 is 0 Å². The highest BCUT2D eigenvalue weighted by atomic mass is 16.6. The Morgan fingerprint density at radius 2 is 1.65 bits per heavy atom. The van der Waals surface area contributed by atoms with Gasteiger partial charge in [0, 0.05) is 10.9 Å². The molecule has 2 aromatic heterocycles. The van der Waals surface area contributed by atoms with Gasteiger partial charge in [0.25, 0.3) is 0 Å². The van der Waals surface area contributed by atoms with Crippen molar-refractivity contribution in [3.63, 3.8) is 0 Å². The van der Waals surface area contributed by atoms with Gasteiger partial charge in [0.1, 0.15) is 17.1 Å². The van der Waals surface area contributed by atoms with E-state index in [1.807, 2.05) is 26.0 Å². The van der Waals surface area contributed by atoms with Crippen LogP contribution in [0.25, 0.3) is 21.9 Å². The van der Waals surface area contributed by atoms with Gasteiger partial charge in [-0.3, -0.25) is 0 Å². The Hall–Kier alpha value is -1.98. The van der Waals surface area contributed by atoms with Crippen LogP contribution < -0.4 is 10.2 Å². The van der Waals surface area contributed by atoms with E-state index in [0.717, 1.165) is 39.0 Å². The first kappa shape index (κ1) is 13.0. The summed E-state index contributed by atoms with van der Waals surface area (Å²) in [6.45, 7) is 4.36. The van der Waals surface area contributed by atoms with E-state index in [9.17, 15) is 0 Å². The summed E-state index contributed by atoms with van der Waals surface area (Å²) in [7, 11) is 3.23. The molecule has 0 spiro atoms. The van der Waals surface area contributed by atoms with Gasteiger partial charge < -0.3 is 18.4 Å². The van der Waals surface area contributed by atoms with Crippen molar-refractivity contribution in [3.8, 4) is 5.75 Å². The van der Waals surface area contributed by atoms with Crippen LogP contribution in [0.1, 0.15) is 17.1 Å². The van der Waals surface area contributed by atoms with Gasteiger partial charge in [-0.05, 0) is 26.0 Å². The Balaban J connectivity index is 2.41. The number of hydrogen-bond acceptors (Lipinski definition) is 5. The fourth-order valence-electron chi connectivity index (χ4n) is 2.58. The van der Waals surface area contributed by atoms with Gasteiger partial charge >= 0.3 is 0 Å². The molecule has 3 aromatic rings. The molecule has 3 rings (SSSR count). The zero-order chi connectivity index (χ0) is 14.3. The topological polar surface area (TPSA) is 56.8 Å². The Morgan fingerprint density at radius 3 is 2.30 bits per heavy atom. The zero-order valence-electron chi connectivity index (χ0n) is 12.0. The second kappa shape index (κ2) is 4.85. The lowest BCUT2D eigenvalue weighted by Gasteiger charge is -2.08. The number of aryl methyl sites for hydroxylation is 2. The van der Waals surface area contributed by atoms with Gasteiger partial charge in [0.05, 0.1) is 26.2 Å². The highest BCUT2D eigenvalue weighted by Gasteiger charge is 2.21. The van der Waals surface area contributed by atoms with E-state index in [1.165, 1.54) is 0 Å². The van der Waals surface area contributed by atoms with E-state index >= 15 is 0 Å². The monoisotopic (exact) mass is 275 g/mol. The summed E-state index contributed by atoms with van der Waals surface area (Å²) in [4.78, 5) is 4.96. The maximum absolute atomic E-state index is 5.84. The molecule has 0 radical (unpaired) electrons. The number of nitrogens with one attached hydrogen (secondary N) is 1. The molecule has 5 nitrogen and oxygen atoms in total. The average Bonchev–Trinajstić information content (AvgIpc) is 2.96. The molecule has 0 amide bonds. The summed E-state index contributed by atoms with van der Waals surface area (Å²) < 4.78 is 17.2. The lowest BCUT2D eigenvalue weighted by Crippen LogP contribution is -2.11. The number of rotatable bonds is 4. The second-order valence-electron chi connectivity index (χ2n) is 4.74. The molecule has 1 N–H and O–H groups in total. The highest BCUT2D eigenvalue weighted by Crippen LogP contribution is 2.41. The summed E-state index contributed by atoms with van der Waals surface area (Å²) >= 11 is 0. The quantitative estimate of drug-likeness (QED) is 0.739. The zero-order valence-corrected chi connectivity index (χ0v) is 12.0. The van der Waals surface area contributed by atoms with Gasteiger partial charge in [-0.2, -0.15) is 5.48 Å². The summed E-state index contributed by atoms with van der Waals surface area (Å²) in [5.41, 5.74) is 5.41. The maximum atomic E-state index is 5.84. The van der Waals surface area contributed by atoms with Crippen LogP contribution in [-0.4, -0.2) is 14.2 Å². The Bertz CT molecular complexity index is 711. The molecule has 0 fully saturated rings. The predicted octanol–water partition coefficient (Wildman–Crippen LogP) is 3.46. The maximum Gasteiger partial charge on any atom is 0.177 e. The van der Waals surface area contributed by atoms with Crippen molar-refractivity contribution < 1.29 is 18.4 Å². The third-order valence-corrected chi connectivity index (χ3v) is 3.36. The minimum atomic E-state index is 0.527. The molecule has 0 saturated carbocycles. The SMILES string of the molecule is CONCc1c2cc(C)oc2c(OC)c2cc(C)oc12. The van der Waals surface area contributed by atoms with Crippen LogP contribution in [0.3, 0.4) is 0 Å². The van der Waals surface area contributed by atoms with Gasteiger partial charge in [0.15, 0.2) is 11.3 Å². The molecule has 106 valence electrons. The molecule has 2 heterocycles. The molecule has 0 unspecified atom stereocenters. The molecule has 1 aromatic carbocycles. The van der Waals surface area contributed by atoms with Crippen LogP contribution in [0.5, 0.6) is 5.75 Å². The number of fused-ring (bicyclic) bond motifs is 2. The first-order valence-corrected chi connectivity index (χ1v) is 6.40. The van der Waals surface area contributed by atoms with Gasteiger partial charge in [-0.15, -0.1) is 0 Å². The number of methoxy groups -OCH3 is 1. The summed E-state index contributed by atoms with van der Waals surface area (Å²) in [6, 6.07) is 3.95. The first-order valence-electron chi connectivity index (χ1n) is 6.40. The smallest absolute Gasteiger partial charge is 0.177 e. The highest BCUT2D eigenvalue weighted by molar-refractivity contribution is 6.04. The number of hydrogen-bond donors (Lipinski definition) is 1. The van der Waals surface area contributed by atoms with Crippen molar-refractivity contribution in [2.45, 2.75) is 20.4 Å². The molecule has 0 aliphatic heterocycles. The normalized spacial score (nSPS) is 11.6. The van der Waals surface area contributed by atoms with Crippen molar-refractivity contribution in [3.05, 3.63) is 29.2 Å². The fourth-order valence-corrected chi connectivity index (χ4v) is 2.58. The van der Waals surface area contributed by atoms with Crippen molar-refractivity contribution in [1.82, 2.24) is 5.48 Å². The largest absolute Gasteiger partial charge is 0.492 e. The third kappa shape index (κ3) is 1.87. The summed E-state index contributed by atoms with van der Waals surface area (Å²) in [5, 5.41) is 1.89. The van der Waals surface area contributed by atoms with Gasteiger partial charge in [-0.25, -0.2) is 0 Å². The lowest BCUT2D eigenvalue weighted by atomic mass is 10.1. The van der Waals surface area contributed by atoms with Crippen molar-refractivity contribution in [1.29, 1.82) is 0 Å². The van der Waals surface area contributed by atoms with Crippen LogP contribution in [-0.2, 0) is 11.4 Å². The molecule has 20 heavy (non-hydrogen) atoms. The number of benzene rings is 1. The van der Waals surface area contributed by atoms with E-state index in [4.69, 9.17) is 18.4 Å². The predicted molar refractivity (Wildman–Crippen MR) is 75.9 cm³/mol. The summed E-state index contributed by atoms with van der Waals surface area (Å²) in [6.07, 6.45) is 0. The van der Waals surface area contributed by atoms with Crippen LogP contribution in [0, 0.1) is 13.8 Å². The van der Waals surface area contributed by atoms with Crippen molar-refractivity contribution >= 4 is 21.9 Å². The van der Waals surface area contributed by atoms with Crippen LogP contribution in [0.4, 0.5) is 0 Å². The van der Waals surface area contributed by atoms with Crippen LogP contribution in [0.15, 0.2) is 21.0 Å². The molecular formula is C15H17NO4. The number of furan rings is 2. The first-order chi connectivity index (χ1) is 9.65. The molecular weight excluding hydrogens is 258 g/mol. The molecule has 0 aliphatic rings. The molecule has 0 bridgehead atoms. The van der Waals surface area contributed by atoms with Gasteiger partial charge in [-0.1, -0.05) is 0 Å². The number of hydroxylamine groups is 1. The van der Waals surface area contributed by atoms with E-state index < -0.39 is 0 Å². The van der Waals surface area contributed by atoms with Gasteiger partial charge in [0.2, 0.25) is 0 Å². The third-order valence-electron chi connectivity index (χ3n) is 3.36. The minimum Gasteiger partial charge on any atom is -0.492 e. The summed E-state index contributed by atoms with van der Waals surface area (Å²) in [5.74, 6) is 2.38.